The molecule has 6 rings (SSSR count). The van der Waals surface area contributed by atoms with Crippen molar-refractivity contribution in [2.75, 3.05) is 39.5 Å². The molecule has 2 atom stereocenters. The summed E-state index contributed by atoms with van der Waals surface area (Å²) in [5.41, 5.74) is 5.46. The number of amides is 1. The second-order valence-electron chi connectivity index (χ2n) is 9.89. The van der Waals surface area contributed by atoms with E-state index in [9.17, 15) is 14.7 Å². The van der Waals surface area contributed by atoms with Crippen LogP contribution < -0.4 is 16.3 Å². The highest BCUT2D eigenvalue weighted by atomic mass is 16.5. The van der Waals surface area contributed by atoms with E-state index in [2.05, 4.69) is 44.9 Å². The van der Waals surface area contributed by atoms with Gasteiger partial charge >= 0.3 is 11.8 Å². The monoisotopic (exact) mass is 545 g/mol. The summed E-state index contributed by atoms with van der Waals surface area (Å²) >= 11 is 0. The molecule has 0 bridgehead atoms. The molecule has 3 heterocycles. The summed E-state index contributed by atoms with van der Waals surface area (Å²) in [6, 6.07) is 18.3. The minimum absolute atomic E-state index is 0.00961. The number of aromatic amines is 1. The molecular weight excluding hydrogens is 514 g/mol. The summed E-state index contributed by atoms with van der Waals surface area (Å²) in [6.45, 7) is 1.93. The fraction of sp³-hybridized carbons (Fsp3) is 0.345. The number of alkyl carbamates (subject to hydrolysis) is 1. The molecule has 40 heavy (non-hydrogen) atoms. The second-order valence-corrected chi connectivity index (χ2v) is 9.89. The van der Waals surface area contributed by atoms with E-state index in [-0.39, 0.29) is 45.0 Å². The Morgan fingerprint density at radius 3 is 2.62 bits per heavy atom. The molecule has 4 aromatic rings. The van der Waals surface area contributed by atoms with Gasteiger partial charge < -0.3 is 34.9 Å². The molecule has 2 aliphatic rings. The Balaban J connectivity index is 0.973. The van der Waals surface area contributed by atoms with Crippen LogP contribution >= 0.6 is 0 Å². The molecule has 4 N–H and O–H groups in total. The first-order valence-corrected chi connectivity index (χ1v) is 13.3. The van der Waals surface area contributed by atoms with Crippen LogP contribution in [0.1, 0.15) is 29.0 Å². The molecule has 208 valence electrons. The number of ether oxygens (including phenoxy) is 3. The van der Waals surface area contributed by atoms with E-state index in [1.54, 1.807) is 6.20 Å². The quantitative estimate of drug-likeness (QED) is 0.235. The lowest BCUT2D eigenvalue weighted by Crippen LogP contribution is -2.46. The van der Waals surface area contributed by atoms with Crippen molar-refractivity contribution in [1.82, 2.24) is 25.2 Å². The first-order chi connectivity index (χ1) is 19.6. The van der Waals surface area contributed by atoms with E-state index < -0.39 is 18.0 Å². The van der Waals surface area contributed by atoms with Crippen LogP contribution in [0.4, 0.5) is 4.79 Å². The number of carbonyl (C=O) groups excluding carboxylic acids is 1. The van der Waals surface area contributed by atoms with Gasteiger partial charge in [-0.15, -0.1) is 0 Å². The molecule has 1 fully saturated rings. The molecule has 1 aliphatic heterocycles. The number of benzene rings is 2. The molecule has 0 unspecified atom stereocenters. The highest BCUT2D eigenvalue weighted by molar-refractivity contribution is 5.79. The highest BCUT2D eigenvalue weighted by Crippen LogP contribution is 2.44. The average molecular weight is 546 g/mol. The number of H-pyrrole nitrogens is 1. The van der Waals surface area contributed by atoms with Gasteiger partial charge in [-0.3, -0.25) is 4.57 Å². The summed E-state index contributed by atoms with van der Waals surface area (Å²) in [7, 11) is 0. The van der Waals surface area contributed by atoms with Gasteiger partial charge in [-0.05, 0) is 28.3 Å². The van der Waals surface area contributed by atoms with E-state index in [0.717, 1.165) is 11.1 Å². The molecular formula is C29H31N5O6. The van der Waals surface area contributed by atoms with Gasteiger partial charge in [0.15, 0.2) is 6.23 Å². The number of aliphatic hydroxyl groups excluding tert-OH is 1. The number of nitrogens with one attached hydrogen (secondary N) is 3. The summed E-state index contributed by atoms with van der Waals surface area (Å²) < 4.78 is 18.5. The van der Waals surface area contributed by atoms with Crippen molar-refractivity contribution in [2.45, 2.75) is 24.9 Å². The summed E-state index contributed by atoms with van der Waals surface area (Å²) in [4.78, 5) is 32.1. The number of hydrogen-bond donors (Lipinski definition) is 4. The van der Waals surface area contributed by atoms with Crippen molar-refractivity contribution < 1.29 is 24.1 Å². The molecule has 1 aliphatic carbocycles. The molecule has 2 aromatic heterocycles. The van der Waals surface area contributed by atoms with Crippen LogP contribution in [-0.4, -0.2) is 71.3 Å². The number of rotatable bonds is 9. The Labute approximate surface area is 230 Å². The average Bonchev–Trinajstić information content (AvgIpc) is 3.53. The van der Waals surface area contributed by atoms with Gasteiger partial charge in [-0.1, -0.05) is 48.5 Å². The van der Waals surface area contributed by atoms with Crippen molar-refractivity contribution in [1.29, 1.82) is 0 Å². The zero-order valence-electron chi connectivity index (χ0n) is 21.8. The number of carbonyl (C=O) groups is 1. The van der Waals surface area contributed by atoms with Gasteiger partial charge in [-0.25, -0.2) is 9.59 Å². The molecule has 11 heteroatoms. The molecule has 11 nitrogen and oxygen atoms in total. The zero-order valence-corrected chi connectivity index (χ0v) is 21.8. The van der Waals surface area contributed by atoms with E-state index in [1.807, 2.05) is 30.3 Å². The number of aromatic nitrogens is 3. The molecule has 1 amide bonds. The Hall–Kier alpha value is -4.03. The lowest BCUT2D eigenvalue weighted by atomic mass is 9.98. The van der Waals surface area contributed by atoms with Gasteiger partial charge in [0.1, 0.15) is 12.3 Å². The first kappa shape index (κ1) is 26.2. The van der Waals surface area contributed by atoms with Crippen LogP contribution in [0, 0.1) is 0 Å². The second kappa shape index (κ2) is 11.6. The predicted octanol–water partition coefficient (Wildman–Crippen LogP) is 2.26. The Morgan fingerprint density at radius 2 is 1.88 bits per heavy atom. The van der Waals surface area contributed by atoms with Crippen molar-refractivity contribution in [3.05, 3.63) is 88.1 Å². The number of morpholine rings is 1. The van der Waals surface area contributed by atoms with Crippen molar-refractivity contribution in [2.24, 2.45) is 0 Å². The standard InChI is InChI=1S/C29H31N5O6/c35-15-20-12-30-13-26(40-20)34-14-18-11-19(32-27(18)33-28(34)36)16-38-10-9-31-29(37)39-17-25-23-7-3-1-5-21(23)22-6-2-4-8-24(22)25/h1-8,11,14,20,25-26,30,35H,9-10,12-13,15-17H2,(H,31,37)(H,32,33,36)/t20-,26-/m0/s1. The van der Waals surface area contributed by atoms with Crippen LogP contribution in [0.2, 0.25) is 0 Å². The maximum Gasteiger partial charge on any atom is 0.407 e. The van der Waals surface area contributed by atoms with Crippen molar-refractivity contribution in [3.63, 3.8) is 0 Å². The highest BCUT2D eigenvalue weighted by Gasteiger charge is 2.29. The SMILES string of the molecule is O=C(NCCOCc1cc2cn([C@@H]3CNC[C@@H](CO)O3)c(=O)nc2[nH]1)OCC1c2ccccc2-c2ccccc21. The molecule has 1 saturated heterocycles. The minimum Gasteiger partial charge on any atom is -0.449 e. The fourth-order valence-corrected chi connectivity index (χ4v) is 5.36. The van der Waals surface area contributed by atoms with Crippen LogP contribution in [0.3, 0.4) is 0 Å². The van der Waals surface area contributed by atoms with Gasteiger partial charge in [0.25, 0.3) is 0 Å². The third kappa shape index (κ3) is 5.36. The molecule has 2 aromatic carbocycles. The Bertz CT molecular complexity index is 1520. The van der Waals surface area contributed by atoms with Crippen molar-refractivity contribution in [3.8, 4) is 11.1 Å². The lowest BCUT2D eigenvalue weighted by Gasteiger charge is -2.30. The van der Waals surface area contributed by atoms with Gasteiger partial charge in [0.2, 0.25) is 0 Å². The van der Waals surface area contributed by atoms with Crippen LogP contribution in [0.15, 0.2) is 65.6 Å². The zero-order chi connectivity index (χ0) is 27.5. The Kier molecular flexibility index (Phi) is 7.60. The number of aliphatic hydroxyl groups is 1. The molecule has 0 spiro atoms. The first-order valence-electron chi connectivity index (χ1n) is 13.3. The fourth-order valence-electron chi connectivity index (χ4n) is 5.36. The maximum atomic E-state index is 12.5. The minimum atomic E-state index is -0.547. The summed E-state index contributed by atoms with van der Waals surface area (Å²) in [6.07, 6.45) is 0.276. The number of fused-ring (bicyclic) bond motifs is 4. The summed E-state index contributed by atoms with van der Waals surface area (Å²) in [5.74, 6) is 0.00961. The largest absolute Gasteiger partial charge is 0.449 e. The molecule has 0 saturated carbocycles. The van der Waals surface area contributed by atoms with E-state index in [1.165, 1.54) is 26.8 Å². The van der Waals surface area contributed by atoms with E-state index in [4.69, 9.17) is 14.2 Å². The van der Waals surface area contributed by atoms with Crippen LogP contribution in [0.5, 0.6) is 0 Å². The van der Waals surface area contributed by atoms with Gasteiger partial charge in [-0.2, -0.15) is 4.98 Å². The maximum absolute atomic E-state index is 12.5. The van der Waals surface area contributed by atoms with E-state index in [0.29, 0.717) is 18.7 Å². The topological polar surface area (TPSA) is 140 Å². The predicted molar refractivity (Wildman–Crippen MR) is 147 cm³/mol. The van der Waals surface area contributed by atoms with Crippen LogP contribution in [-0.2, 0) is 20.8 Å². The van der Waals surface area contributed by atoms with Crippen LogP contribution in [0.25, 0.3) is 22.2 Å². The number of nitrogens with zero attached hydrogens (tertiary/aromatic N) is 2. The smallest absolute Gasteiger partial charge is 0.407 e. The van der Waals surface area contributed by atoms with Gasteiger partial charge in [0, 0.05) is 42.8 Å². The summed E-state index contributed by atoms with van der Waals surface area (Å²) in [5, 5.41) is 16.0. The number of hydrogen-bond acceptors (Lipinski definition) is 8. The van der Waals surface area contributed by atoms with Gasteiger partial charge in [0.05, 0.1) is 25.9 Å². The third-order valence-electron chi connectivity index (χ3n) is 7.26. The van der Waals surface area contributed by atoms with E-state index >= 15 is 0 Å². The third-order valence-corrected chi connectivity index (χ3v) is 7.26. The molecule has 0 radical (unpaired) electrons. The van der Waals surface area contributed by atoms with Crippen molar-refractivity contribution >= 4 is 17.1 Å². The lowest BCUT2D eigenvalue weighted by molar-refractivity contribution is -0.0965. The Morgan fingerprint density at radius 1 is 1.12 bits per heavy atom. The normalized spacial score (nSPS) is 18.4.